The van der Waals surface area contributed by atoms with Crippen molar-refractivity contribution in [1.29, 1.82) is 0 Å². The Labute approximate surface area is 122 Å². The third-order valence-corrected chi connectivity index (χ3v) is 3.56. The topological polar surface area (TPSA) is 54.9 Å². The highest BCUT2D eigenvalue weighted by atomic mass is 16.1. The van der Waals surface area contributed by atoms with E-state index in [-0.39, 0.29) is 5.91 Å². The fraction of sp³-hybridized carbons (Fsp3) is 0.118. The van der Waals surface area contributed by atoms with Crippen LogP contribution in [0.15, 0.2) is 48.8 Å². The Morgan fingerprint density at radius 3 is 2.62 bits per heavy atom. The van der Waals surface area contributed by atoms with E-state index < -0.39 is 0 Å². The van der Waals surface area contributed by atoms with Crippen molar-refractivity contribution in [2.24, 2.45) is 0 Å². The number of amides is 1. The molecule has 0 aliphatic carbocycles. The highest BCUT2D eigenvalue weighted by Crippen LogP contribution is 2.27. The number of fused-ring (bicyclic) bond motifs is 1. The number of nitrogens with zero attached hydrogens (tertiary/aromatic N) is 2. The van der Waals surface area contributed by atoms with Gasteiger partial charge < -0.3 is 5.32 Å². The molecule has 1 amide bonds. The summed E-state index contributed by atoms with van der Waals surface area (Å²) in [6, 6.07) is 11.1. The first-order valence-electron chi connectivity index (χ1n) is 6.74. The van der Waals surface area contributed by atoms with Crippen LogP contribution in [0.1, 0.15) is 21.6 Å². The van der Waals surface area contributed by atoms with E-state index in [0.717, 1.165) is 16.5 Å². The minimum Gasteiger partial charge on any atom is -0.319 e. The summed E-state index contributed by atoms with van der Waals surface area (Å²) in [6.45, 7) is 4.09. The van der Waals surface area contributed by atoms with Crippen LogP contribution in [-0.2, 0) is 0 Å². The predicted molar refractivity (Wildman–Crippen MR) is 83.4 cm³/mol. The average Bonchev–Trinajstić information content (AvgIpc) is 2.53. The standard InChI is InChI=1S/C17H15N3O/c1-11-10-15(16-13(12(11)2)6-5-9-19-16)20-17(21)14-7-3-4-8-18-14/h3-10H,1-2H3,(H,20,21). The molecule has 0 unspecified atom stereocenters. The number of nitrogens with one attached hydrogen (secondary N) is 1. The first kappa shape index (κ1) is 13.2. The molecule has 4 heteroatoms. The molecule has 0 aliphatic heterocycles. The first-order valence-corrected chi connectivity index (χ1v) is 6.74. The molecule has 0 fully saturated rings. The number of anilines is 1. The van der Waals surface area contributed by atoms with E-state index in [0.29, 0.717) is 11.4 Å². The van der Waals surface area contributed by atoms with E-state index >= 15 is 0 Å². The van der Waals surface area contributed by atoms with Crippen LogP contribution in [0.25, 0.3) is 10.9 Å². The lowest BCUT2D eigenvalue weighted by Crippen LogP contribution is -2.14. The summed E-state index contributed by atoms with van der Waals surface area (Å²) in [5.41, 5.74) is 4.19. The van der Waals surface area contributed by atoms with Gasteiger partial charge in [-0.05, 0) is 49.2 Å². The summed E-state index contributed by atoms with van der Waals surface area (Å²) in [5, 5.41) is 3.96. The maximum Gasteiger partial charge on any atom is 0.274 e. The quantitative estimate of drug-likeness (QED) is 0.780. The number of pyridine rings is 2. The monoisotopic (exact) mass is 277 g/mol. The molecule has 21 heavy (non-hydrogen) atoms. The Kier molecular flexibility index (Phi) is 3.36. The molecular formula is C17H15N3O. The molecule has 1 N–H and O–H groups in total. The van der Waals surface area contributed by atoms with Crippen molar-refractivity contribution in [3.8, 4) is 0 Å². The molecule has 0 radical (unpaired) electrons. The van der Waals surface area contributed by atoms with E-state index in [9.17, 15) is 4.79 Å². The number of carbonyl (C=O) groups is 1. The lowest BCUT2D eigenvalue weighted by Gasteiger charge is -2.12. The van der Waals surface area contributed by atoms with Crippen molar-refractivity contribution in [3.05, 3.63) is 65.6 Å². The summed E-state index contributed by atoms with van der Waals surface area (Å²) in [6.07, 6.45) is 3.33. The Bertz CT molecular complexity index is 813. The van der Waals surface area contributed by atoms with Gasteiger partial charge in [-0.1, -0.05) is 12.1 Å². The number of hydrogen-bond donors (Lipinski definition) is 1. The van der Waals surface area contributed by atoms with E-state index in [2.05, 4.69) is 22.2 Å². The van der Waals surface area contributed by atoms with Crippen molar-refractivity contribution in [1.82, 2.24) is 9.97 Å². The Balaban J connectivity index is 2.05. The number of carbonyl (C=O) groups excluding carboxylic acids is 1. The smallest absolute Gasteiger partial charge is 0.274 e. The Morgan fingerprint density at radius 1 is 1.05 bits per heavy atom. The molecule has 0 bridgehead atoms. The third kappa shape index (κ3) is 2.48. The number of benzene rings is 1. The van der Waals surface area contributed by atoms with Gasteiger partial charge in [-0.3, -0.25) is 14.8 Å². The number of aryl methyl sites for hydroxylation is 2. The maximum absolute atomic E-state index is 12.3. The predicted octanol–water partition coefficient (Wildman–Crippen LogP) is 3.50. The maximum atomic E-state index is 12.3. The van der Waals surface area contributed by atoms with E-state index in [1.54, 1.807) is 30.6 Å². The van der Waals surface area contributed by atoms with E-state index in [4.69, 9.17) is 0 Å². The van der Waals surface area contributed by atoms with Gasteiger partial charge in [-0.25, -0.2) is 0 Å². The Morgan fingerprint density at radius 2 is 1.86 bits per heavy atom. The highest BCUT2D eigenvalue weighted by molar-refractivity contribution is 6.07. The molecule has 2 aromatic heterocycles. The van der Waals surface area contributed by atoms with Crippen LogP contribution in [0.2, 0.25) is 0 Å². The van der Waals surface area contributed by atoms with Gasteiger partial charge in [0.2, 0.25) is 0 Å². The van der Waals surface area contributed by atoms with Crippen molar-refractivity contribution < 1.29 is 4.79 Å². The zero-order chi connectivity index (χ0) is 14.8. The van der Waals surface area contributed by atoms with Crippen LogP contribution in [0.4, 0.5) is 5.69 Å². The second kappa shape index (κ2) is 5.32. The van der Waals surface area contributed by atoms with Crippen LogP contribution in [0.3, 0.4) is 0 Å². The van der Waals surface area contributed by atoms with E-state index in [1.165, 1.54) is 5.56 Å². The summed E-state index contributed by atoms with van der Waals surface area (Å²) in [7, 11) is 0. The molecule has 0 atom stereocenters. The van der Waals surface area contributed by atoms with Crippen molar-refractivity contribution >= 4 is 22.5 Å². The molecule has 2 heterocycles. The highest BCUT2D eigenvalue weighted by Gasteiger charge is 2.12. The van der Waals surface area contributed by atoms with Crippen molar-refractivity contribution in [3.63, 3.8) is 0 Å². The minimum absolute atomic E-state index is 0.231. The van der Waals surface area contributed by atoms with Crippen LogP contribution in [-0.4, -0.2) is 15.9 Å². The Hall–Kier alpha value is -2.75. The normalized spacial score (nSPS) is 10.6. The summed E-state index contributed by atoms with van der Waals surface area (Å²) in [5.74, 6) is -0.231. The fourth-order valence-corrected chi connectivity index (χ4v) is 2.31. The molecule has 0 saturated heterocycles. The van der Waals surface area contributed by atoms with Gasteiger partial charge in [-0.2, -0.15) is 0 Å². The van der Waals surface area contributed by atoms with Crippen LogP contribution in [0, 0.1) is 13.8 Å². The zero-order valence-corrected chi connectivity index (χ0v) is 11.9. The fourth-order valence-electron chi connectivity index (χ4n) is 2.31. The molecule has 1 aromatic carbocycles. The molecule has 0 saturated carbocycles. The largest absolute Gasteiger partial charge is 0.319 e. The summed E-state index contributed by atoms with van der Waals surface area (Å²) >= 11 is 0. The zero-order valence-electron chi connectivity index (χ0n) is 11.9. The minimum atomic E-state index is -0.231. The van der Waals surface area contributed by atoms with Gasteiger partial charge in [0, 0.05) is 17.8 Å². The number of hydrogen-bond acceptors (Lipinski definition) is 3. The second-order valence-electron chi connectivity index (χ2n) is 4.93. The lowest BCUT2D eigenvalue weighted by atomic mass is 10.0. The number of aromatic nitrogens is 2. The molecule has 0 aliphatic rings. The van der Waals surface area contributed by atoms with Gasteiger partial charge in [-0.15, -0.1) is 0 Å². The molecule has 104 valence electrons. The van der Waals surface area contributed by atoms with Gasteiger partial charge in [0.1, 0.15) is 5.69 Å². The van der Waals surface area contributed by atoms with Crippen LogP contribution >= 0.6 is 0 Å². The van der Waals surface area contributed by atoms with Gasteiger partial charge in [0.05, 0.1) is 11.2 Å². The van der Waals surface area contributed by atoms with Crippen LogP contribution < -0.4 is 5.32 Å². The first-order chi connectivity index (χ1) is 10.2. The van der Waals surface area contributed by atoms with Crippen LogP contribution in [0.5, 0.6) is 0 Å². The summed E-state index contributed by atoms with van der Waals surface area (Å²) in [4.78, 5) is 20.7. The SMILES string of the molecule is Cc1cc(NC(=O)c2ccccn2)c2ncccc2c1C. The molecule has 0 spiro atoms. The van der Waals surface area contributed by atoms with E-state index in [1.807, 2.05) is 25.1 Å². The van der Waals surface area contributed by atoms with Gasteiger partial charge in [0.25, 0.3) is 5.91 Å². The molecule has 3 aromatic rings. The van der Waals surface area contributed by atoms with Crippen molar-refractivity contribution in [2.45, 2.75) is 13.8 Å². The lowest BCUT2D eigenvalue weighted by molar-refractivity contribution is 0.102. The third-order valence-electron chi connectivity index (χ3n) is 3.56. The number of rotatable bonds is 2. The second-order valence-corrected chi connectivity index (χ2v) is 4.93. The molecule has 4 nitrogen and oxygen atoms in total. The van der Waals surface area contributed by atoms with Gasteiger partial charge >= 0.3 is 0 Å². The molecule has 3 rings (SSSR count). The molecular weight excluding hydrogens is 262 g/mol. The van der Waals surface area contributed by atoms with Crippen molar-refractivity contribution in [2.75, 3.05) is 5.32 Å². The van der Waals surface area contributed by atoms with Gasteiger partial charge in [0.15, 0.2) is 0 Å². The average molecular weight is 277 g/mol. The summed E-state index contributed by atoms with van der Waals surface area (Å²) < 4.78 is 0.